The van der Waals surface area contributed by atoms with Crippen molar-refractivity contribution < 1.29 is 13.2 Å². The van der Waals surface area contributed by atoms with Gasteiger partial charge >= 0.3 is 0 Å². The molecule has 1 aromatic heterocycles. The van der Waals surface area contributed by atoms with Crippen LogP contribution in [0.2, 0.25) is 0 Å². The lowest BCUT2D eigenvalue weighted by Crippen LogP contribution is -2.49. The third kappa shape index (κ3) is 3.63. The van der Waals surface area contributed by atoms with Gasteiger partial charge in [0.25, 0.3) is 5.91 Å². The third-order valence-corrected chi connectivity index (χ3v) is 7.60. The van der Waals surface area contributed by atoms with Crippen molar-refractivity contribution in [3.8, 4) is 6.07 Å². The third-order valence-electron chi connectivity index (χ3n) is 4.77. The first-order valence-electron chi connectivity index (χ1n) is 8.29. The highest BCUT2D eigenvalue weighted by atomic mass is 32.2. The van der Waals surface area contributed by atoms with Crippen molar-refractivity contribution >= 4 is 27.3 Å². The molecule has 0 unspecified atom stereocenters. The molecule has 1 amide bonds. The Balaban J connectivity index is 1.70. The van der Waals surface area contributed by atoms with Crippen molar-refractivity contribution in [3.05, 3.63) is 21.9 Å². The second kappa shape index (κ2) is 7.21. The molecule has 6 nitrogen and oxygen atoms in total. The van der Waals surface area contributed by atoms with Crippen LogP contribution < -0.4 is 4.72 Å². The van der Waals surface area contributed by atoms with Gasteiger partial charge in [0, 0.05) is 19.1 Å². The van der Waals surface area contributed by atoms with Crippen molar-refractivity contribution in [3.63, 3.8) is 0 Å². The van der Waals surface area contributed by atoms with E-state index >= 15 is 0 Å². The fraction of sp³-hybridized carbons (Fsp3) is 0.625. The number of nitrogens with one attached hydrogen (secondary N) is 1. The summed E-state index contributed by atoms with van der Waals surface area (Å²) in [7, 11) is -3.42. The van der Waals surface area contributed by atoms with Crippen molar-refractivity contribution in [2.45, 2.75) is 49.8 Å². The molecule has 2 fully saturated rings. The number of carbonyl (C=O) groups is 1. The Kier molecular flexibility index (Phi) is 5.23. The number of thiophene rings is 1. The maximum Gasteiger partial charge on any atom is 0.265 e. The van der Waals surface area contributed by atoms with Gasteiger partial charge in [0.15, 0.2) is 0 Å². The lowest BCUT2D eigenvalue weighted by Gasteiger charge is -2.33. The van der Waals surface area contributed by atoms with Gasteiger partial charge in [-0.3, -0.25) is 4.79 Å². The summed E-state index contributed by atoms with van der Waals surface area (Å²) in [6.45, 7) is 0.737. The Morgan fingerprint density at radius 1 is 1.29 bits per heavy atom. The Bertz CT molecular complexity index is 745. The molecule has 3 rings (SSSR count). The Labute approximate surface area is 146 Å². The minimum Gasteiger partial charge on any atom is -0.337 e. The molecule has 0 aromatic carbocycles. The predicted octanol–water partition coefficient (Wildman–Crippen LogP) is 2.09. The zero-order valence-corrected chi connectivity index (χ0v) is 15.0. The molecule has 1 atom stereocenters. The van der Waals surface area contributed by atoms with E-state index in [9.17, 15) is 13.2 Å². The maximum absolute atomic E-state index is 12.6. The topological polar surface area (TPSA) is 90.3 Å². The number of rotatable bonds is 4. The van der Waals surface area contributed by atoms with E-state index in [1.54, 1.807) is 16.3 Å². The average Bonchev–Trinajstić information content (AvgIpc) is 3.25. The number of nitrogens with zero attached hydrogens (tertiary/aromatic N) is 2. The molecule has 1 saturated carbocycles. The van der Waals surface area contributed by atoms with Crippen LogP contribution in [0.3, 0.4) is 0 Å². The van der Waals surface area contributed by atoms with Gasteiger partial charge in [0.1, 0.15) is 10.9 Å². The Morgan fingerprint density at radius 3 is 2.75 bits per heavy atom. The summed E-state index contributed by atoms with van der Waals surface area (Å²) in [4.78, 5) is 14.6. The van der Waals surface area contributed by atoms with E-state index < -0.39 is 15.3 Å². The van der Waals surface area contributed by atoms with Gasteiger partial charge in [-0.1, -0.05) is 12.8 Å². The Hall–Kier alpha value is -1.43. The van der Waals surface area contributed by atoms with E-state index in [1.165, 1.54) is 11.3 Å². The van der Waals surface area contributed by atoms with E-state index in [0.29, 0.717) is 29.8 Å². The summed E-state index contributed by atoms with van der Waals surface area (Å²) in [5.41, 5.74) is 0.360. The summed E-state index contributed by atoms with van der Waals surface area (Å²) in [5.74, 6) is -0.234. The predicted molar refractivity (Wildman–Crippen MR) is 92.3 cm³/mol. The van der Waals surface area contributed by atoms with Crippen LogP contribution in [0.1, 0.15) is 53.8 Å². The van der Waals surface area contributed by atoms with Crippen LogP contribution >= 0.6 is 11.3 Å². The summed E-state index contributed by atoms with van der Waals surface area (Å²) < 4.78 is 28.1. The summed E-state index contributed by atoms with van der Waals surface area (Å²) in [5, 5.41) is 10.2. The molecule has 1 saturated heterocycles. The molecule has 1 aliphatic carbocycles. The molecule has 130 valence electrons. The van der Waals surface area contributed by atoms with E-state index in [0.717, 1.165) is 25.7 Å². The Morgan fingerprint density at radius 2 is 2.04 bits per heavy atom. The summed E-state index contributed by atoms with van der Waals surface area (Å²) >= 11 is 1.23. The lowest BCUT2D eigenvalue weighted by atomic mass is 10.1. The number of hydrogen-bond donors (Lipinski definition) is 1. The van der Waals surface area contributed by atoms with Crippen LogP contribution in [0.25, 0.3) is 0 Å². The number of hydrogen-bond acceptors (Lipinski definition) is 5. The second-order valence-corrected chi connectivity index (χ2v) is 9.34. The molecule has 8 heteroatoms. The van der Waals surface area contributed by atoms with E-state index in [4.69, 9.17) is 5.26 Å². The summed E-state index contributed by atoms with van der Waals surface area (Å²) in [6.07, 6.45) is 5.16. The number of carbonyl (C=O) groups excluding carboxylic acids is 1. The molecule has 0 spiro atoms. The molecular weight excluding hydrogens is 346 g/mol. The molecule has 0 bridgehead atoms. The van der Waals surface area contributed by atoms with Gasteiger partial charge in [0.05, 0.1) is 10.8 Å². The van der Waals surface area contributed by atoms with Gasteiger partial charge in [0.2, 0.25) is 10.0 Å². The monoisotopic (exact) mass is 367 g/mol. The number of piperidine rings is 1. The van der Waals surface area contributed by atoms with Crippen molar-refractivity contribution in [1.29, 1.82) is 5.26 Å². The molecule has 2 aliphatic rings. The van der Waals surface area contributed by atoms with Crippen LogP contribution in [0.4, 0.5) is 0 Å². The van der Waals surface area contributed by atoms with Gasteiger partial charge in [-0.05, 0) is 37.1 Å². The highest BCUT2D eigenvalue weighted by Crippen LogP contribution is 2.24. The second-order valence-electron chi connectivity index (χ2n) is 6.43. The number of sulfonamides is 1. The normalized spacial score (nSPS) is 22.5. The number of amides is 1. The molecule has 1 N–H and O–H groups in total. The fourth-order valence-corrected chi connectivity index (χ4v) is 6.01. The average molecular weight is 367 g/mol. The van der Waals surface area contributed by atoms with Gasteiger partial charge in [-0.25, -0.2) is 13.1 Å². The van der Waals surface area contributed by atoms with Crippen LogP contribution in [0.15, 0.2) is 11.4 Å². The highest BCUT2D eigenvalue weighted by Gasteiger charge is 2.35. The van der Waals surface area contributed by atoms with Crippen LogP contribution in [-0.4, -0.2) is 43.6 Å². The molecule has 1 aliphatic heterocycles. The van der Waals surface area contributed by atoms with Crippen LogP contribution in [0.5, 0.6) is 0 Å². The van der Waals surface area contributed by atoms with Crippen molar-refractivity contribution in [2.24, 2.45) is 0 Å². The minimum absolute atomic E-state index is 0.0450. The number of nitriles is 1. The molecule has 1 aromatic rings. The molecule has 24 heavy (non-hydrogen) atoms. The van der Waals surface area contributed by atoms with Crippen LogP contribution in [0, 0.1) is 11.3 Å². The van der Waals surface area contributed by atoms with E-state index in [2.05, 4.69) is 4.72 Å². The standard InChI is InChI=1S/C16H21N3O3S2/c17-10-12-7-9-23-15(12)16(20)19-8-3-6-14(11-19)24(21,22)18-13-4-1-2-5-13/h7,9,13-14,18H,1-6,8,11H2/t14-/m0/s1. The largest absolute Gasteiger partial charge is 0.337 e. The number of likely N-dealkylation sites (tertiary alicyclic amines) is 1. The zero-order valence-electron chi connectivity index (χ0n) is 13.4. The van der Waals surface area contributed by atoms with Crippen molar-refractivity contribution in [2.75, 3.05) is 13.1 Å². The smallest absolute Gasteiger partial charge is 0.265 e. The summed E-state index contributed by atoms with van der Waals surface area (Å²) in [6, 6.07) is 3.69. The van der Waals surface area contributed by atoms with Gasteiger partial charge < -0.3 is 4.90 Å². The molecule has 0 radical (unpaired) electrons. The van der Waals surface area contributed by atoms with Crippen molar-refractivity contribution in [1.82, 2.24) is 9.62 Å². The quantitative estimate of drug-likeness (QED) is 0.882. The minimum atomic E-state index is -3.42. The first-order chi connectivity index (χ1) is 11.5. The first-order valence-corrected chi connectivity index (χ1v) is 10.7. The van der Waals surface area contributed by atoms with E-state index in [1.807, 2.05) is 6.07 Å². The zero-order chi connectivity index (χ0) is 17.2. The van der Waals surface area contributed by atoms with Gasteiger partial charge in [-0.2, -0.15) is 5.26 Å². The maximum atomic E-state index is 12.6. The highest BCUT2D eigenvalue weighted by molar-refractivity contribution is 7.90. The molecule has 2 heterocycles. The van der Waals surface area contributed by atoms with Crippen LogP contribution in [-0.2, 0) is 10.0 Å². The molecular formula is C16H21N3O3S2. The first kappa shape index (κ1) is 17.4. The SMILES string of the molecule is N#Cc1ccsc1C(=O)N1CCC[C@H](S(=O)(=O)NC2CCCC2)C1. The lowest BCUT2D eigenvalue weighted by molar-refractivity contribution is 0.0731. The van der Waals surface area contributed by atoms with Gasteiger partial charge in [-0.15, -0.1) is 11.3 Å². The van der Waals surface area contributed by atoms with E-state index in [-0.39, 0.29) is 18.5 Å². The fourth-order valence-electron chi connectivity index (χ4n) is 3.45.